The van der Waals surface area contributed by atoms with Gasteiger partial charge in [-0.1, -0.05) is 30.3 Å². The maximum Gasteiger partial charge on any atom is 0.273 e. The molecule has 2 heterocycles. The lowest BCUT2D eigenvalue weighted by molar-refractivity contribution is 0.0534. The highest BCUT2D eigenvalue weighted by Crippen LogP contribution is 2.24. The Morgan fingerprint density at radius 1 is 1.38 bits per heavy atom. The van der Waals surface area contributed by atoms with Crippen LogP contribution in [0, 0.1) is 0 Å². The SMILES string of the molecule is CC1CC(N(C)C(=O)c2csc(CCN)n2)CCN1Cc1ccccc1. The van der Waals surface area contributed by atoms with Gasteiger partial charge < -0.3 is 10.6 Å². The van der Waals surface area contributed by atoms with Gasteiger partial charge in [-0.15, -0.1) is 11.3 Å². The van der Waals surface area contributed by atoms with Gasteiger partial charge in [0.1, 0.15) is 5.69 Å². The number of nitrogens with zero attached hydrogens (tertiary/aromatic N) is 3. The third-order valence-electron chi connectivity index (χ3n) is 5.21. The van der Waals surface area contributed by atoms with Crippen LogP contribution < -0.4 is 5.73 Å². The molecule has 0 aliphatic carbocycles. The molecule has 26 heavy (non-hydrogen) atoms. The normalized spacial score (nSPS) is 20.9. The minimum atomic E-state index is 0.0261. The van der Waals surface area contributed by atoms with E-state index in [-0.39, 0.29) is 11.9 Å². The Labute approximate surface area is 159 Å². The Balaban J connectivity index is 1.57. The Bertz CT molecular complexity index is 718. The minimum absolute atomic E-state index is 0.0261. The van der Waals surface area contributed by atoms with Crippen LogP contribution in [0.4, 0.5) is 0 Å². The first kappa shape index (κ1) is 19.0. The summed E-state index contributed by atoms with van der Waals surface area (Å²) in [6, 6.07) is 11.3. The van der Waals surface area contributed by atoms with E-state index in [0.717, 1.165) is 37.4 Å². The average Bonchev–Trinajstić information content (AvgIpc) is 3.12. The van der Waals surface area contributed by atoms with Crippen LogP contribution in [0.5, 0.6) is 0 Å². The lowest BCUT2D eigenvalue weighted by Gasteiger charge is -2.41. The number of nitrogens with two attached hydrogens (primary N) is 1. The van der Waals surface area contributed by atoms with Crippen LogP contribution in [0.1, 0.15) is 40.8 Å². The number of carbonyl (C=O) groups is 1. The van der Waals surface area contributed by atoms with Crippen molar-refractivity contribution >= 4 is 17.2 Å². The Hall–Kier alpha value is -1.76. The van der Waals surface area contributed by atoms with Gasteiger partial charge in [-0.05, 0) is 31.9 Å². The molecule has 2 aromatic rings. The van der Waals surface area contributed by atoms with Crippen LogP contribution in [0.15, 0.2) is 35.7 Å². The van der Waals surface area contributed by atoms with Gasteiger partial charge in [0.05, 0.1) is 5.01 Å². The number of rotatable bonds is 6. The molecule has 2 unspecified atom stereocenters. The number of carbonyl (C=O) groups excluding carboxylic acids is 1. The molecule has 1 fully saturated rings. The Morgan fingerprint density at radius 2 is 2.15 bits per heavy atom. The summed E-state index contributed by atoms with van der Waals surface area (Å²) >= 11 is 1.52. The fourth-order valence-electron chi connectivity index (χ4n) is 3.59. The van der Waals surface area contributed by atoms with Crippen molar-refractivity contribution in [1.29, 1.82) is 0 Å². The van der Waals surface area contributed by atoms with E-state index < -0.39 is 0 Å². The zero-order valence-electron chi connectivity index (χ0n) is 15.6. The summed E-state index contributed by atoms with van der Waals surface area (Å²) in [5.41, 5.74) is 7.47. The summed E-state index contributed by atoms with van der Waals surface area (Å²) < 4.78 is 0. The lowest BCUT2D eigenvalue weighted by Crippen LogP contribution is -2.49. The molecule has 1 amide bonds. The number of hydrogen-bond donors (Lipinski definition) is 1. The van der Waals surface area contributed by atoms with Gasteiger partial charge in [0, 0.05) is 44.0 Å². The summed E-state index contributed by atoms with van der Waals surface area (Å²) in [6.07, 6.45) is 2.73. The molecule has 0 saturated carbocycles. The molecule has 6 heteroatoms. The van der Waals surface area contributed by atoms with Gasteiger partial charge in [0.2, 0.25) is 0 Å². The van der Waals surface area contributed by atoms with E-state index in [1.54, 1.807) is 0 Å². The van der Waals surface area contributed by atoms with E-state index >= 15 is 0 Å². The quantitative estimate of drug-likeness (QED) is 0.847. The summed E-state index contributed by atoms with van der Waals surface area (Å²) in [6.45, 7) is 4.80. The number of amides is 1. The van der Waals surface area contributed by atoms with Crippen LogP contribution in [0.3, 0.4) is 0 Å². The number of benzene rings is 1. The molecule has 3 rings (SSSR count). The monoisotopic (exact) mass is 372 g/mol. The number of aromatic nitrogens is 1. The predicted octanol–water partition coefficient (Wildman–Crippen LogP) is 2.77. The van der Waals surface area contributed by atoms with E-state index in [0.29, 0.717) is 18.3 Å². The molecular weight excluding hydrogens is 344 g/mol. The molecule has 0 spiro atoms. The predicted molar refractivity (Wildman–Crippen MR) is 106 cm³/mol. The largest absolute Gasteiger partial charge is 0.337 e. The van der Waals surface area contributed by atoms with Crippen molar-refractivity contribution in [3.63, 3.8) is 0 Å². The average molecular weight is 373 g/mol. The smallest absolute Gasteiger partial charge is 0.273 e. The van der Waals surface area contributed by atoms with E-state index in [2.05, 4.69) is 47.1 Å². The third kappa shape index (κ3) is 4.50. The van der Waals surface area contributed by atoms with Crippen molar-refractivity contribution in [3.8, 4) is 0 Å². The van der Waals surface area contributed by atoms with Crippen molar-refractivity contribution in [2.75, 3.05) is 20.1 Å². The molecule has 1 aromatic heterocycles. The van der Waals surface area contributed by atoms with Crippen LogP contribution in [-0.4, -0.2) is 52.9 Å². The summed E-state index contributed by atoms with van der Waals surface area (Å²) in [5.74, 6) is 0.0261. The number of piperidine rings is 1. The van der Waals surface area contributed by atoms with Crippen molar-refractivity contribution in [1.82, 2.24) is 14.8 Å². The van der Waals surface area contributed by atoms with E-state index in [9.17, 15) is 4.79 Å². The lowest BCUT2D eigenvalue weighted by atomic mass is 9.96. The van der Waals surface area contributed by atoms with Gasteiger partial charge in [0.25, 0.3) is 5.91 Å². The van der Waals surface area contributed by atoms with E-state index in [1.165, 1.54) is 16.9 Å². The molecule has 2 N–H and O–H groups in total. The van der Waals surface area contributed by atoms with Gasteiger partial charge in [-0.2, -0.15) is 0 Å². The van der Waals surface area contributed by atoms with Gasteiger partial charge >= 0.3 is 0 Å². The van der Waals surface area contributed by atoms with Crippen LogP contribution in [-0.2, 0) is 13.0 Å². The zero-order valence-corrected chi connectivity index (χ0v) is 16.4. The van der Waals surface area contributed by atoms with E-state index in [4.69, 9.17) is 5.73 Å². The molecule has 1 aliphatic rings. The first-order chi connectivity index (χ1) is 12.6. The number of hydrogen-bond acceptors (Lipinski definition) is 5. The second kappa shape index (κ2) is 8.75. The molecular formula is C20H28N4OS. The standard InChI is InChI=1S/C20H28N4OS/c1-15-12-17(9-11-24(15)13-16-6-4-3-5-7-16)23(2)20(25)18-14-26-19(22-18)8-10-21/h3-7,14-15,17H,8-13,21H2,1-2H3. The van der Waals surface area contributed by atoms with E-state index in [1.807, 2.05) is 17.3 Å². The van der Waals surface area contributed by atoms with Crippen LogP contribution >= 0.6 is 11.3 Å². The molecule has 0 bridgehead atoms. The van der Waals surface area contributed by atoms with Crippen molar-refractivity contribution < 1.29 is 4.79 Å². The maximum absolute atomic E-state index is 12.8. The minimum Gasteiger partial charge on any atom is -0.337 e. The molecule has 0 radical (unpaired) electrons. The van der Waals surface area contributed by atoms with Crippen molar-refractivity contribution in [2.24, 2.45) is 5.73 Å². The Morgan fingerprint density at radius 3 is 2.85 bits per heavy atom. The third-order valence-corrected chi connectivity index (χ3v) is 6.12. The van der Waals surface area contributed by atoms with Gasteiger partial charge in [0.15, 0.2) is 0 Å². The fraction of sp³-hybridized carbons (Fsp3) is 0.500. The highest BCUT2D eigenvalue weighted by molar-refractivity contribution is 7.09. The van der Waals surface area contributed by atoms with Gasteiger partial charge in [-0.3, -0.25) is 9.69 Å². The molecule has 1 aromatic carbocycles. The summed E-state index contributed by atoms with van der Waals surface area (Å²) in [5, 5.41) is 2.80. The van der Waals surface area contributed by atoms with Gasteiger partial charge in [-0.25, -0.2) is 4.98 Å². The second-order valence-electron chi connectivity index (χ2n) is 7.06. The molecule has 1 aliphatic heterocycles. The molecule has 1 saturated heterocycles. The zero-order chi connectivity index (χ0) is 18.5. The number of likely N-dealkylation sites (tertiary alicyclic amines) is 1. The molecule has 5 nitrogen and oxygen atoms in total. The molecule has 140 valence electrons. The van der Waals surface area contributed by atoms with Crippen LogP contribution in [0.2, 0.25) is 0 Å². The molecule has 2 atom stereocenters. The Kier molecular flexibility index (Phi) is 6.40. The fourth-order valence-corrected chi connectivity index (χ4v) is 4.38. The first-order valence-electron chi connectivity index (χ1n) is 9.28. The topological polar surface area (TPSA) is 62.5 Å². The first-order valence-corrected chi connectivity index (χ1v) is 10.2. The highest BCUT2D eigenvalue weighted by Gasteiger charge is 2.30. The van der Waals surface area contributed by atoms with Crippen molar-refractivity contribution in [2.45, 2.75) is 44.8 Å². The summed E-state index contributed by atoms with van der Waals surface area (Å²) in [7, 11) is 1.91. The summed E-state index contributed by atoms with van der Waals surface area (Å²) in [4.78, 5) is 21.6. The van der Waals surface area contributed by atoms with Crippen molar-refractivity contribution in [3.05, 3.63) is 52.0 Å². The maximum atomic E-state index is 12.8. The number of thiazole rings is 1. The second-order valence-corrected chi connectivity index (χ2v) is 8.01. The van der Waals surface area contributed by atoms with Crippen LogP contribution in [0.25, 0.3) is 0 Å². The highest BCUT2D eigenvalue weighted by atomic mass is 32.1.